The lowest BCUT2D eigenvalue weighted by Gasteiger charge is -2.29. The van der Waals surface area contributed by atoms with Crippen molar-refractivity contribution in [3.63, 3.8) is 0 Å². The molecule has 0 atom stereocenters. The molecule has 1 aromatic rings. The maximum atomic E-state index is 10.6. The Morgan fingerprint density at radius 3 is 2.59 bits per heavy atom. The number of nitrogens with zero attached hydrogens (tertiary/aromatic N) is 2. The number of methoxy groups -OCH3 is 1. The lowest BCUT2D eigenvalue weighted by atomic mass is 9.91. The van der Waals surface area contributed by atoms with E-state index in [1.165, 1.54) is 7.11 Å². The van der Waals surface area contributed by atoms with Crippen molar-refractivity contribution in [2.75, 3.05) is 12.4 Å². The Morgan fingerprint density at radius 1 is 1.41 bits per heavy atom. The minimum absolute atomic E-state index is 0.0279. The van der Waals surface area contributed by atoms with Crippen LogP contribution in [0.25, 0.3) is 0 Å². The summed E-state index contributed by atoms with van der Waals surface area (Å²) in [6, 6.07) is 4.09. The third kappa shape index (κ3) is 3.79. The minimum Gasteiger partial charge on any atom is -0.480 e. The number of pyridine rings is 1. The molecule has 22 heavy (non-hydrogen) atoms. The Kier molecular flexibility index (Phi) is 5.04. The summed E-state index contributed by atoms with van der Waals surface area (Å²) in [6.07, 6.45) is 2.38. The molecule has 1 aromatic heterocycles. The summed E-state index contributed by atoms with van der Waals surface area (Å²) in [5.74, 6) is 1.03. The Balaban J connectivity index is 2.00. The molecule has 0 radical (unpaired) electrons. The molecule has 7 nitrogen and oxygen atoms in total. The molecule has 0 unspecified atom stereocenters. The molecular weight excluding hydrogens is 284 g/mol. The largest absolute Gasteiger partial charge is 0.480 e. The van der Waals surface area contributed by atoms with Gasteiger partial charge in [-0.1, -0.05) is 0 Å². The first-order chi connectivity index (χ1) is 10.5. The third-order valence-corrected chi connectivity index (χ3v) is 3.89. The molecule has 7 heteroatoms. The Bertz CT molecular complexity index is 589. The number of hydrogen-bond donors (Lipinski definition) is 3. The highest BCUT2D eigenvalue weighted by atomic mass is 16.5. The summed E-state index contributed by atoms with van der Waals surface area (Å²) in [6.45, 7) is 1.90. The van der Waals surface area contributed by atoms with Crippen LogP contribution in [0.1, 0.15) is 36.8 Å². The first-order valence-electron chi connectivity index (χ1n) is 7.25. The zero-order valence-electron chi connectivity index (χ0n) is 12.7. The summed E-state index contributed by atoms with van der Waals surface area (Å²) < 4.78 is 5.13. The molecule has 0 aromatic carbocycles. The summed E-state index contributed by atoms with van der Waals surface area (Å²) in [7, 11) is 1.49. The van der Waals surface area contributed by atoms with E-state index in [9.17, 15) is 4.79 Å². The molecule has 0 aliphatic heterocycles. The van der Waals surface area contributed by atoms with Crippen molar-refractivity contribution in [3.8, 4) is 11.9 Å². The number of nitrogens with one attached hydrogen (secondary N) is 2. The topological polar surface area (TPSA) is 107 Å². The first-order valence-corrected chi connectivity index (χ1v) is 7.25. The number of nitriles is 1. The van der Waals surface area contributed by atoms with Crippen LogP contribution in [-0.2, 0) is 0 Å². The van der Waals surface area contributed by atoms with E-state index in [0.717, 1.165) is 31.2 Å². The van der Waals surface area contributed by atoms with Gasteiger partial charge in [-0.15, -0.1) is 0 Å². The molecule has 1 saturated carbocycles. The number of hydrogen-bond acceptors (Lipinski definition) is 5. The lowest BCUT2D eigenvalue weighted by Crippen LogP contribution is -2.39. The van der Waals surface area contributed by atoms with E-state index in [4.69, 9.17) is 15.1 Å². The number of carboxylic acid groups (broad SMARTS) is 1. The van der Waals surface area contributed by atoms with Gasteiger partial charge in [0.15, 0.2) is 0 Å². The van der Waals surface area contributed by atoms with Crippen molar-refractivity contribution in [3.05, 3.63) is 17.2 Å². The van der Waals surface area contributed by atoms with Crippen LogP contribution in [0.3, 0.4) is 0 Å². The van der Waals surface area contributed by atoms with Crippen LogP contribution in [0.5, 0.6) is 5.88 Å². The normalized spacial score (nSPS) is 20.8. The molecule has 1 amide bonds. The quantitative estimate of drug-likeness (QED) is 0.787. The van der Waals surface area contributed by atoms with Gasteiger partial charge in [0.25, 0.3) is 0 Å². The van der Waals surface area contributed by atoms with E-state index >= 15 is 0 Å². The first kappa shape index (κ1) is 15.9. The molecule has 3 N–H and O–H groups in total. The van der Waals surface area contributed by atoms with Gasteiger partial charge < -0.3 is 20.5 Å². The molecule has 1 fully saturated rings. The number of anilines is 1. The van der Waals surface area contributed by atoms with Gasteiger partial charge in [-0.25, -0.2) is 4.79 Å². The van der Waals surface area contributed by atoms with Crippen LogP contribution >= 0.6 is 0 Å². The highest BCUT2D eigenvalue weighted by Gasteiger charge is 2.23. The van der Waals surface area contributed by atoms with Crippen molar-refractivity contribution in [1.82, 2.24) is 10.3 Å². The molecule has 118 valence electrons. The fourth-order valence-electron chi connectivity index (χ4n) is 2.73. The monoisotopic (exact) mass is 304 g/mol. The van der Waals surface area contributed by atoms with Crippen molar-refractivity contribution in [1.29, 1.82) is 5.26 Å². The number of rotatable bonds is 4. The predicted molar refractivity (Wildman–Crippen MR) is 81.1 cm³/mol. The Labute approximate surface area is 129 Å². The number of amides is 1. The van der Waals surface area contributed by atoms with Crippen molar-refractivity contribution in [2.45, 2.75) is 44.7 Å². The molecular formula is C15H20N4O3. The average molecular weight is 304 g/mol. The van der Waals surface area contributed by atoms with Gasteiger partial charge in [0.1, 0.15) is 17.5 Å². The predicted octanol–water partition coefficient (Wildman–Crippen LogP) is 2.26. The SMILES string of the molecule is COc1nc(NC2CCC(NC(=O)O)CC2)c(C)cc1C#N. The van der Waals surface area contributed by atoms with Crippen molar-refractivity contribution in [2.24, 2.45) is 0 Å². The fraction of sp³-hybridized carbons (Fsp3) is 0.533. The summed E-state index contributed by atoms with van der Waals surface area (Å²) >= 11 is 0. The number of carbonyl (C=O) groups is 1. The van der Waals surface area contributed by atoms with Crippen LogP contribution in [0.15, 0.2) is 6.07 Å². The van der Waals surface area contributed by atoms with Gasteiger partial charge in [-0.3, -0.25) is 0 Å². The van der Waals surface area contributed by atoms with Crippen LogP contribution in [0.4, 0.5) is 10.6 Å². The molecule has 0 bridgehead atoms. The summed E-state index contributed by atoms with van der Waals surface area (Å²) in [5.41, 5.74) is 1.31. The average Bonchev–Trinajstić information content (AvgIpc) is 2.50. The number of aryl methyl sites for hydroxylation is 1. The van der Waals surface area contributed by atoms with E-state index in [1.807, 2.05) is 6.92 Å². The highest BCUT2D eigenvalue weighted by molar-refractivity contribution is 5.64. The Morgan fingerprint density at radius 2 is 2.05 bits per heavy atom. The van der Waals surface area contributed by atoms with Crippen LogP contribution in [0, 0.1) is 18.3 Å². The lowest BCUT2D eigenvalue weighted by molar-refractivity contribution is 0.185. The van der Waals surface area contributed by atoms with Crippen LogP contribution in [-0.4, -0.2) is 35.4 Å². The maximum Gasteiger partial charge on any atom is 0.404 e. The van der Waals surface area contributed by atoms with Gasteiger partial charge in [0, 0.05) is 12.1 Å². The second-order valence-electron chi connectivity index (χ2n) is 5.46. The summed E-state index contributed by atoms with van der Waals surface area (Å²) in [4.78, 5) is 15.0. The van der Waals surface area contributed by atoms with Gasteiger partial charge in [0.05, 0.1) is 7.11 Å². The zero-order valence-corrected chi connectivity index (χ0v) is 12.7. The molecule has 1 heterocycles. The minimum atomic E-state index is -0.967. The van der Waals surface area contributed by atoms with Crippen LogP contribution in [0.2, 0.25) is 0 Å². The second kappa shape index (κ2) is 6.98. The molecule has 2 rings (SSSR count). The fourth-order valence-corrected chi connectivity index (χ4v) is 2.73. The number of aromatic nitrogens is 1. The maximum absolute atomic E-state index is 10.6. The highest BCUT2D eigenvalue weighted by Crippen LogP contribution is 2.26. The Hall–Kier alpha value is -2.49. The van der Waals surface area contributed by atoms with Gasteiger partial charge in [0.2, 0.25) is 5.88 Å². The second-order valence-corrected chi connectivity index (χ2v) is 5.46. The van der Waals surface area contributed by atoms with E-state index in [1.54, 1.807) is 6.07 Å². The van der Waals surface area contributed by atoms with E-state index < -0.39 is 6.09 Å². The van der Waals surface area contributed by atoms with Gasteiger partial charge >= 0.3 is 6.09 Å². The van der Waals surface area contributed by atoms with E-state index in [-0.39, 0.29) is 12.1 Å². The van der Waals surface area contributed by atoms with Gasteiger partial charge in [-0.05, 0) is 44.2 Å². The van der Waals surface area contributed by atoms with E-state index in [0.29, 0.717) is 17.3 Å². The zero-order chi connectivity index (χ0) is 16.1. The van der Waals surface area contributed by atoms with Crippen molar-refractivity contribution >= 4 is 11.9 Å². The van der Waals surface area contributed by atoms with E-state index in [2.05, 4.69) is 21.7 Å². The van der Waals surface area contributed by atoms with Crippen LogP contribution < -0.4 is 15.4 Å². The summed E-state index contributed by atoms with van der Waals surface area (Å²) in [5, 5.41) is 23.7. The molecule has 0 spiro atoms. The van der Waals surface area contributed by atoms with Gasteiger partial charge in [-0.2, -0.15) is 10.2 Å². The van der Waals surface area contributed by atoms with Crippen molar-refractivity contribution < 1.29 is 14.6 Å². The standard InChI is InChI=1S/C15H20N4O3/c1-9-7-10(8-16)14(22-2)19-13(9)17-11-3-5-12(6-4-11)18-15(20)21/h7,11-12,18H,3-6H2,1-2H3,(H,17,19)(H,20,21). The molecule has 0 saturated heterocycles. The smallest absolute Gasteiger partial charge is 0.404 e. The number of ether oxygens (including phenoxy) is 1. The third-order valence-electron chi connectivity index (χ3n) is 3.89. The molecule has 1 aliphatic carbocycles. The molecule has 1 aliphatic rings.